The minimum Gasteiger partial charge on any atom is -0.443 e. The molecule has 2 aliphatic heterocycles. The number of benzene rings is 1. The van der Waals surface area contributed by atoms with Gasteiger partial charge in [0.05, 0.1) is 11.7 Å². The molecule has 1 aromatic rings. The first-order chi connectivity index (χ1) is 10.4. The van der Waals surface area contributed by atoms with Crippen LogP contribution in [0.3, 0.4) is 0 Å². The minimum absolute atomic E-state index is 0.254. The van der Waals surface area contributed by atoms with Gasteiger partial charge >= 0.3 is 6.09 Å². The predicted molar refractivity (Wildman–Crippen MR) is 88.6 cm³/mol. The monoisotopic (exact) mass is 303 g/mol. The summed E-state index contributed by atoms with van der Waals surface area (Å²) in [4.78, 5) is 14.2. The molecule has 0 aromatic heterocycles. The van der Waals surface area contributed by atoms with Crippen LogP contribution in [0.15, 0.2) is 18.2 Å². The number of aryl methyl sites for hydroxylation is 1. The zero-order valence-electron chi connectivity index (χ0n) is 13.6. The summed E-state index contributed by atoms with van der Waals surface area (Å²) in [6.07, 6.45) is 1.74. The Balaban J connectivity index is 1.80. The molecule has 2 aliphatic rings. The number of rotatable bonds is 2. The van der Waals surface area contributed by atoms with Crippen LogP contribution in [0.2, 0.25) is 0 Å². The summed E-state index contributed by atoms with van der Waals surface area (Å²) >= 11 is 0. The average molecular weight is 303 g/mol. The molecule has 1 amide bonds. The van der Waals surface area contributed by atoms with E-state index < -0.39 is 5.60 Å². The van der Waals surface area contributed by atoms with E-state index in [9.17, 15) is 4.79 Å². The topological polar surface area (TPSA) is 53.6 Å². The molecule has 0 spiro atoms. The highest BCUT2D eigenvalue weighted by Crippen LogP contribution is 2.31. The molecule has 5 heteroatoms. The van der Waals surface area contributed by atoms with Crippen LogP contribution in [0.4, 0.5) is 16.2 Å². The maximum atomic E-state index is 12.5. The molecule has 2 N–H and O–H groups in total. The van der Waals surface area contributed by atoms with E-state index in [2.05, 4.69) is 28.8 Å². The molecule has 1 saturated heterocycles. The second-order valence-electron chi connectivity index (χ2n) is 7.08. The second-order valence-corrected chi connectivity index (χ2v) is 7.08. The highest BCUT2D eigenvalue weighted by Gasteiger charge is 2.27. The molecule has 0 aliphatic carbocycles. The minimum atomic E-state index is -0.470. The first-order valence-electron chi connectivity index (χ1n) is 8.03. The molecule has 1 aromatic carbocycles. The van der Waals surface area contributed by atoms with Crippen LogP contribution in [0.5, 0.6) is 0 Å². The molecule has 0 atom stereocenters. The summed E-state index contributed by atoms with van der Waals surface area (Å²) in [5.41, 5.74) is 2.80. The first-order valence-corrected chi connectivity index (χ1v) is 8.03. The quantitative estimate of drug-likeness (QED) is 0.882. The van der Waals surface area contributed by atoms with Gasteiger partial charge in [0.25, 0.3) is 0 Å². The van der Waals surface area contributed by atoms with Gasteiger partial charge in [-0.1, -0.05) is 6.07 Å². The molecule has 120 valence electrons. The second kappa shape index (κ2) is 5.80. The maximum absolute atomic E-state index is 12.5. The zero-order chi connectivity index (χ0) is 15.7. The largest absolute Gasteiger partial charge is 0.443 e. The van der Waals surface area contributed by atoms with E-state index in [4.69, 9.17) is 4.74 Å². The van der Waals surface area contributed by atoms with Crippen LogP contribution in [0, 0.1) is 0 Å². The smallest absolute Gasteiger partial charge is 0.414 e. The Morgan fingerprint density at radius 2 is 2.14 bits per heavy atom. The predicted octanol–water partition coefficient (Wildman–Crippen LogP) is 2.76. The van der Waals surface area contributed by atoms with Crippen LogP contribution in [-0.2, 0) is 11.2 Å². The van der Waals surface area contributed by atoms with Gasteiger partial charge in [0.15, 0.2) is 0 Å². The van der Waals surface area contributed by atoms with Crippen LogP contribution in [-0.4, -0.2) is 37.4 Å². The van der Waals surface area contributed by atoms with E-state index in [-0.39, 0.29) is 6.09 Å². The molecule has 0 unspecified atom stereocenters. The van der Waals surface area contributed by atoms with Crippen molar-refractivity contribution >= 4 is 17.5 Å². The molecular formula is C17H25N3O2. The molecule has 1 fully saturated rings. The van der Waals surface area contributed by atoms with Crippen molar-refractivity contribution < 1.29 is 9.53 Å². The van der Waals surface area contributed by atoms with Crippen molar-refractivity contribution in [3.63, 3.8) is 0 Å². The van der Waals surface area contributed by atoms with Crippen molar-refractivity contribution in [2.75, 3.05) is 29.9 Å². The summed E-state index contributed by atoms with van der Waals surface area (Å²) in [5.74, 6) is 0. The molecular weight excluding hydrogens is 278 g/mol. The van der Waals surface area contributed by atoms with Gasteiger partial charge in [-0.05, 0) is 51.3 Å². The standard InChI is InChI=1S/C17H25N3O2/c1-17(2,3)22-16(21)20-8-4-5-12-6-7-13(9-15(12)20)19-14-10-18-11-14/h6-7,9,14,18-19H,4-5,8,10-11H2,1-3H3. The van der Waals surface area contributed by atoms with E-state index >= 15 is 0 Å². The van der Waals surface area contributed by atoms with Crippen molar-refractivity contribution in [1.29, 1.82) is 0 Å². The van der Waals surface area contributed by atoms with Crippen molar-refractivity contribution in [3.8, 4) is 0 Å². The van der Waals surface area contributed by atoms with Gasteiger partial charge in [-0.3, -0.25) is 4.90 Å². The SMILES string of the molecule is CC(C)(C)OC(=O)N1CCCc2ccc(NC3CNC3)cc21. The number of anilines is 2. The highest BCUT2D eigenvalue weighted by molar-refractivity contribution is 5.90. The Bertz CT molecular complexity index is 562. The third kappa shape index (κ3) is 3.35. The fraction of sp³-hybridized carbons (Fsp3) is 0.588. The van der Waals surface area contributed by atoms with Crippen molar-refractivity contribution in [1.82, 2.24) is 5.32 Å². The molecule has 0 radical (unpaired) electrons. The lowest BCUT2D eigenvalue weighted by molar-refractivity contribution is 0.0578. The fourth-order valence-electron chi connectivity index (χ4n) is 2.80. The van der Waals surface area contributed by atoms with Gasteiger partial charge in [0.2, 0.25) is 0 Å². The number of fused-ring (bicyclic) bond motifs is 1. The van der Waals surface area contributed by atoms with Gasteiger partial charge in [-0.15, -0.1) is 0 Å². The van der Waals surface area contributed by atoms with E-state index in [0.29, 0.717) is 6.04 Å². The Morgan fingerprint density at radius 3 is 2.77 bits per heavy atom. The zero-order valence-corrected chi connectivity index (χ0v) is 13.6. The molecule has 3 rings (SSSR count). The highest BCUT2D eigenvalue weighted by atomic mass is 16.6. The lowest BCUT2D eigenvalue weighted by atomic mass is 10.0. The third-order valence-electron chi connectivity index (χ3n) is 3.97. The normalized spacial score (nSPS) is 18.4. The number of ether oxygens (including phenoxy) is 1. The summed E-state index contributed by atoms with van der Waals surface area (Å²) in [7, 11) is 0. The van der Waals surface area contributed by atoms with Crippen LogP contribution in [0.1, 0.15) is 32.8 Å². The lowest BCUT2D eigenvalue weighted by Gasteiger charge is -2.33. The Hall–Kier alpha value is -1.75. The number of nitrogens with zero attached hydrogens (tertiary/aromatic N) is 1. The van der Waals surface area contributed by atoms with Crippen LogP contribution >= 0.6 is 0 Å². The van der Waals surface area contributed by atoms with Crippen molar-refractivity contribution in [3.05, 3.63) is 23.8 Å². The summed E-state index contributed by atoms with van der Waals surface area (Å²) in [6, 6.07) is 6.80. The van der Waals surface area contributed by atoms with Crippen LogP contribution in [0.25, 0.3) is 0 Å². The molecule has 2 heterocycles. The number of hydrogen-bond donors (Lipinski definition) is 2. The number of amides is 1. The average Bonchev–Trinajstić information content (AvgIpc) is 2.40. The number of carbonyl (C=O) groups is 1. The van der Waals surface area contributed by atoms with Crippen molar-refractivity contribution in [2.24, 2.45) is 0 Å². The van der Waals surface area contributed by atoms with Gasteiger partial charge in [-0.25, -0.2) is 4.79 Å². The van der Waals surface area contributed by atoms with Crippen LogP contribution < -0.4 is 15.5 Å². The van der Waals surface area contributed by atoms with Crippen molar-refractivity contribution in [2.45, 2.75) is 45.3 Å². The Kier molecular flexibility index (Phi) is 4.00. The summed E-state index contributed by atoms with van der Waals surface area (Å²) < 4.78 is 5.54. The van der Waals surface area contributed by atoms with E-state index in [1.807, 2.05) is 20.8 Å². The van der Waals surface area contributed by atoms with E-state index in [1.165, 1.54) is 5.56 Å². The summed E-state index contributed by atoms with van der Waals surface area (Å²) in [6.45, 7) is 8.40. The Labute approximate surface area is 132 Å². The summed E-state index contributed by atoms with van der Waals surface area (Å²) in [5, 5.41) is 6.74. The lowest BCUT2D eigenvalue weighted by Crippen LogP contribution is -2.51. The van der Waals surface area contributed by atoms with E-state index in [1.54, 1.807) is 4.90 Å². The Morgan fingerprint density at radius 1 is 1.36 bits per heavy atom. The number of hydrogen-bond acceptors (Lipinski definition) is 4. The van der Waals surface area contributed by atoms with Gasteiger partial charge in [0, 0.05) is 25.3 Å². The van der Waals surface area contributed by atoms with E-state index in [0.717, 1.165) is 43.9 Å². The first kappa shape index (κ1) is 15.2. The molecule has 0 saturated carbocycles. The van der Waals surface area contributed by atoms with Gasteiger partial charge < -0.3 is 15.4 Å². The molecule has 5 nitrogen and oxygen atoms in total. The van der Waals surface area contributed by atoms with Gasteiger partial charge in [-0.2, -0.15) is 0 Å². The third-order valence-corrected chi connectivity index (χ3v) is 3.97. The fourth-order valence-corrected chi connectivity index (χ4v) is 2.80. The molecule has 22 heavy (non-hydrogen) atoms. The molecule has 0 bridgehead atoms. The number of carbonyl (C=O) groups excluding carboxylic acids is 1. The maximum Gasteiger partial charge on any atom is 0.414 e. The van der Waals surface area contributed by atoms with Gasteiger partial charge in [0.1, 0.15) is 5.60 Å². The number of nitrogens with one attached hydrogen (secondary N) is 2.